The Morgan fingerprint density at radius 3 is 2.38 bits per heavy atom. The molecule has 0 radical (unpaired) electrons. The van der Waals surface area contributed by atoms with Gasteiger partial charge in [0.2, 0.25) is 5.91 Å². The zero-order chi connectivity index (χ0) is 17.5. The summed E-state index contributed by atoms with van der Waals surface area (Å²) >= 11 is 0. The van der Waals surface area contributed by atoms with Crippen LogP contribution in [0.5, 0.6) is 0 Å². The molecule has 0 spiro atoms. The summed E-state index contributed by atoms with van der Waals surface area (Å²) in [4.78, 5) is 17.2. The Bertz CT molecular complexity index is 493. The number of amides is 1. The molecule has 134 valence electrons. The summed E-state index contributed by atoms with van der Waals surface area (Å²) < 4.78 is 0. The lowest BCUT2D eigenvalue weighted by Gasteiger charge is -2.33. The van der Waals surface area contributed by atoms with Gasteiger partial charge in [-0.3, -0.25) is 9.69 Å². The number of hydrogen-bond acceptors (Lipinski definition) is 3. The number of hydrogen-bond donors (Lipinski definition) is 1. The zero-order valence-corrected chi connectivity index (χ0v) is 15.7. The number of rotatable bonds is 7. The first-order valence-electron chi connectivity index (χ1n) is 9.18. The Kier molecular flexibility index (Phi) is 7.25. The second-order valence-corrected chi connectivity index (χ2v) is 7.66. The van der Waals surface area contributed by atoms with Crippen LogP contribution in [0, 0.1) is 11.8 Å². The molecular weight excluding hydrogens is 298 g/mol. The summed E-state index contributed by atoms with van der Waals surface area (Å²) in [7, 11) is 3.92. The van der Waals surface area contributed by atoms with E-state index in [1.54, 1.807) is 0 Å². The number of likely N-dealkylation sites (tertiary alicyclic amines) is 1. The minimum Gasteiger partial charge on any atom is -0.354 e. The summed E-state index contributed by atoms with van der Waals surface area (Å²) in [5.74, 6) is 1.44. The molecule has 1 saturated heterocycles. The van der Waals surface area contributed by atoms with E-state index in [0.717, 1.165) is 31.1 Å². The molecule has 0 aliphatic carbocycles. The molecule has 1 heterocycles. The number of likely N-dealkylation sites (N-methyl/N-ethyl adjacent to an activating group) is 1. The second kappa shape index (κ2) is 9.19. The fraction of sp³-hybridized carbons (Fsp3) is 0.650. The Labute approximate surface area is 147 Å². The molecule has 1 aromatic carbocycles. The lowest BCUT2D eigenvalue weighted by molar-refractivity contribution is -0.126. The molecule has 1 amide bonds. The smallest absolute Gasteiger partial charge is 0.241 e. The zero-order valence-electron chi connectivity index (χ0n) is 15.7. The van der Waals surface area contributed by atoms with Crippen LogP contribution in [0.2, 0.25) is 0 Å². The van der Waals surface area contributed by atoms with Gasteiger partial charge >= 0.3 is 0 Å². The van der Waals surface area contributed by atoms with Crippen LogP contribution in [0.1, 0.15) is 38.3 Å². The van der Waals surface area contributed by atoms with Crippen LogP contribution in [-0.2, 0) is 4.79 Å². The van der Waals surface area contributed by atoms with Gasteiger partial charge in [-0.2, -0.15) is 0 Å². The summed E-state index contributed by atoms with van der Waals surface area (Å²) in [6, 6.07) is 9.79. The lowest BCUT2D eigenvalue weighted by Crippen LogP contribution is -2.42. The molecule has 0 saturated carbocycles. The molecule has 2 rings (SSSR count). The highest BCUT2D eigenvalue weighted by atomic mass is 16.2. The minimum atomic E-state index is -0.216. The molecule has 0 aromatic heterocycles. The quantitative estimate of drug-likeness (QED) is 0.834. The van der Waals surface area contributed by atoms with E-state index in [-0.39, 0.29) is 11.9 Å². The Morgan fingerprint density at radius 1 is 1.21 bits per heavy atom. The van der Waals surface area contributed by atoms with E-state index in [4.69, 9.17) is 0 Å². The van der Waals surface area contributed by atoms with Crippen molar-refractivity contribution in [2.24, 2.45) is 11.8 Å². The van der Waals surface area contributed by atoms with Crippen LogP contribution in [-0.4, -0.2) is 56.0 Å². The number of nitrogens with zero attached hydrogens (tertiary/aromatic N) is 2. The topological polar surface area (TPSA) is 35.6 Å². The Morgan fingerprint density at radius 2 is 1.83 bits per heavy atom. The van der Waals surface area contributed by atoms with Crippen molar-refractivity contribution in [3.63, 3.8) is 0 Å². The average Bonchev–Trinajstić information content (AvgIpc) is 2.54. The molecule has 1 unspecified atom stereocenters. The number of carbonyl (C=O) groups excluding carboxylic acids is 1. The van der Waals surface area contributed by atoms with Gasteiger partial charge in [-0.15, -0.1) is 0 Å². The number of nitrogens with one attached hydrogen (secondary N) is 1. The second-order valence-electron chi connectivity index (χ2n) is 7.66. The van der Waals surface area contributed by atoms with Gasteiger partial charge in [0, 0.05) is 13.1 Å². The summed E-state index contributed by atoms with van der Waals surface area (Å²) in [6.45, 7) is 8.86. The van der Waals surface area contributed by atoms with Crippen molar-refractivity contribution in [3.05, 3.63) is 35.9 Å². The lowest BCUT2D eigenvalue weighted by atomic mass is 9.95. The van der Waals surface area contributed by atoms with Crippen LogP contribution in [0.25, 0.3) is 0 Å². The molecule has 1 aromatic rings. The normalized spacial score (nSPS) is 18.1. The van der Waals surface area contributed by atoms with Crippen molar-refractivity contribution in [1.29, 1.82) is 0 Å². The first-order chi connectivity index (χ1) is 11.5. The molecule has 0 bridgehead atoms. The predicted molar refractivity (Wildman–Crippen MR) is 99.9 cm³/mol. The molecule has 1 aliphatic rings. The van der Waals surface area contributed by atoms with E-state index in [1.165, 1.54) is 19.4 Å². The Hall–Kier alpha value is -1.39. The van der Waals surface area contributed by atoms with Gasteiger partial charge in [0.15, 0.2) is 0 Å². The largest absolute Gasteiger partial charge is 0.354 e. The number of piperidine rings is 1. The SMILES string of the molecule is CC(C)CN1CCC(CNC(=O)C(c2ccccc2)N(C)C)CC1. The first-order valence-corrected chi connectivity index (χ1v) is 9.18. The van der Waals surface area contributed by atoms with Gasteiger partial charge in [0.05, 0.1) is 0 Å². The average molecular weight is 332 g/mol. The van der Waals surface area contributed by atoms with E-state index >= 15 is 0 Å². The minimum absolute atomic E-state index is 0.107. The highest BCUT2D eigenvalue weighted by Gasteiger charge is 2.25. The maximum absolute atomic E-state index is 12.7. The fourth-order valence-corrected chi connectivity index (χ4v) is 3.55. The summed E-state index contributed by atoms with van der Waals surface area (Å²) in [5.41, 5.74) is 1.05. The van der Waals surface area contributed by atoms with Gasteiger partial charge in [-0.1, -0.05) is 44.2 Å². The van der Waals surface area contributed by atoms with Crippen molar-refractivity contribution >= 4 is 5.91 Å². The highest BCUT2D eigenvalue weighted by molar-refractivity contribution is 5.83. The van der Waals surface area contributed by atoms with E-state index in [0.29, 0.717) is 5.92 Å². The van der Waals surface area contributed by atoms with Crippen LogP contribution >= 0.6 is 0 Å². The van der Waals surface area contributed by atoms with Crippen LogP contribution in [0.3, 0.4) is 0 Å². The highest BCUT2D eigenvalue weighted by Crippen LogP contribution is 2.20. The third-order valence-electron chi connectivity index (χ3n) is 4.78. The monoisotopic (exact) mass is 331 g/mol. The molecule has 1 fully saturated rings. The number of benzene rings is 1. The molecule has 4 heteroatoms. The molecular formula is C20H33N3O. The predicted octanol–water partition coefficient (Wildman–Crippen LogP) is 2.77. The molecule has 1 N–H and O–H groups in total. The van der Waals surface area contributed by atoms with Crippen LogP contribution < -0.4 is 5.32 Å². The molecule has 1 aliphatic heterocycles. The fourth-order valence-electron chi connectivity index (χ4n) is 3.55. The van der Waals surface area contributed by atoms with Crippen molar-refractivity contribution in [3.8, 4) is 0 Å². The standard InChI is InChI=1S/C20H33N3O/c1-16(2)15-23-12-10-17(11-13-23)14-21-20(24)19(22(3)4)18-8-6-5-7-9-18/h5-9,16-17,19H,10-15H2,1-4H3,(H,21,24). The number of carbonyl (C=O) groups is 1. The molecule has 1 atom stereocenters. The molecule has 4 nitrogen and oxygen atoms in total. The first kappa shape index (κ1) is 18.9. The third-order valence-corrected chi connectivity index (χ3v) is 4.78. The van der Waals surface area contributed by atoms with Crippen molar-refractivity contribution in [1.82, 2.24) is 15.1 Å². The summed E-state index contributed by atoms with van der Waals surface area (Å²) in [6.07, 6.45) is 2.37. The van der Waals surface area contributed by atoms with Gasteiger partial charge < -0.3 is 10.2 Å². The van der Waals surface area contributed by atoms with Crippen molar-refractivity contribution in [2.75, 3.05) is 40.3 Å². The van der Waals surface area contributed by atoms with Gasteiger partial charge in [0.25, 0.3) is 0 Å². The van der Waals surface area contributed by atoms with E-state index < -0.39 is 0 Å². The van der Waals surface area contributed by atoms with Crippen LogP contribution in [0.15, 0.2) is 30.3 Å². The Balaban J connectivity index is 1.82. The van der Waals surface area contributed by atoms with Crippen molar-refractivity contribution < 1.29 is 4.79 Å². The maximum atomic E-state index is 12.7. The van der Waals surface area contributed by atoms with E-state index in [1.807, 2.05) is 49.3 Å². The third kappa shape index (κ3) is 5.60. The maximum Gasteiger partial charge on any atom is 0.241 e. The van der Waals surface area contributed by atoms with E-state index in [9.17, 15) is 4.79 Å². The van der Waals surface area contributed by atoms with Gasteiger partial charge in [-0.05, 0) is 57.4 Å². The summed E-state index contributed by atoms with van der Waals surface area (Å²) in [5, 5.41) is 3.19. The molecule has 24 heavy (non-hydrogen) atoms. The van der Waals surface area contributed by atoms with Gasteiger partial charge in [0.1, 0.15) is 6.04 Å². The van der Waals surface area contributed by atoms with Gasteiger partial charge in [-0.25, -0.2) is 0 Å². The van der Waals surface area contributed by atoms with Crippen LogP contribution in [0.4, 0.5) is 0 Å². The van der Waals surface area contributed by atoms with Crippen molar-refractivity contribution in [2.45, 2.75) is 32.7 Å². The van der Waals surface area contributed by atoms with E-state index in [2.05, 4.69) is 24.1 Å².